The number of fused-ring (bicyclic) bond motifs is 1. The highest BCUT2D eigenvalue weighted by molar-refractivity contribution is 6.31. The number of halogens is 1. The molecule has 2 aromatic rings. The summed E-state index contributed by atoms with van der Waals surface area (Å²) in [5.41, 5.74) is 1.95. The van der Waals surface area contributed by atoms with Crippen LogP contribution >= 0.6 is 11.6 Å². The first-order valence-corrected chi connectivity index (χ1v) is 7.10. The highest BCUT2D eigenvalue weighted by Crippen LogP contribution is 2.25. The largest absolute Gasteiger partial charge is 0.476 e. The normalized spacial score (nSPS) is 13.8. The van der Waals surface area contributed by atoms with Crippen molar-refractivity contribution in [2.24, 2.45) is 0 Å². The lowest BCUT2D eigenvalue weighted by Crippen LogP contribution is -2.38. The minimum atomic E-state index is -1.17. The summed E-state index contributed by atoms with van der Waals surface area (Å²) in [5, 5.41) is 16.7. The molecule has 0 fully saturated rings. The molecule has 7 nitrogen and oxygen atoms in total. The third-order valence-corrected chi connectivity index (χ3v) is 3.97. The molecule has 0 bridgehead atoms. The van der Waals surface area contributed by atoms with E-state index in [-0.39, 0.29) is 18.1 Å². The van der Waals surface area contributed by atoms with Gasteiger partial charge in [0.25, 0.3) is 0 Å². The number of carbonyl (C=O) groups excluding carboxylic acids is 1. The van der Waals surface area contributed by atoms with Crippen molar-refractivity contribution in [1.29, 1.82) is 0 Å². The van der Waals surface area contributed by atoms with Crippen LogP contribution in [0.4, 0.5) is 0 Å². The van der Waals surface area contributed by atoms with Crippen LogP contribution in [0.3, 0.4) is 0 Å². The minimum absolute atomic E-state index is 0.0316. The summed E-state index contributed by atoms with van der Waals surface area (Å²) in [7, 11) is 0. The van der Waals surface area contributed by atoms with Gasteiger partial charge in [0.2, 0.25) is 5.91 Å². The van der Waals surface area contributed by atoms with Crippen LogP contribution in [0, 0.1) is 0 Å². The average molecular weight is 321 g/mol. The SMILES string of the molecule is O=C(O)c1cn(CC(=O)N2CCc3c(Cl)cccc3C2)nn1. The number of carbonyl (C=O) groups is 2. The number of hydrogen-bond donors (Lipinski definition) is 1. The maximum Gasteiger partial charge on any atom is 0.358 e. The summed E-state index contributed by atoms with van der Waals surface area (Å²) in [6, 6.07) is 5.67. The zero-order chi connectivity index (χ0) is 15.7. The van der Waals surface area contributed by atoms with Gasteiger partial charge in [-0.1, -0.05) is 28.9 Å². The lowest BCUT2D eigenvalue weighted by Gasteiger charge is -2.29. The van der Waals surface area contributed by atoms with Crippen molar-refractivity contribution in [3.8, 4) is 0 Å². The van der Waals surface area contributed by atoms with E-state index in [1.165, 1.54) is 10.9 Å². The molecule has 0 saturated heterocycles. The van der Waals surface area contributed by atoms with Gasteiger partial charge in [0.15, 0.2) is 5.69 Å². The van der Waals surface area contributed by atoms with Crippen LogP contribution in [-0.2, 0) is 24.3 Å². The number of benzene rings is 1. The fourth-order valence-corrected chi connectivity index (χ4v) is 2.78. The number of carboxylic acid groups (broad SMARTS) is 1. The molecule has 1 N–H and O–H groups in total. The first kappa shape index (κ1) is 14.5. The van der Waals surface area contributed by atoms with Crippen molar-refractivity contribution >= 4 is 23.5 Å². The number of aromatic carboxylic acids is 1. The van der Waals surface area contributed by atoms with Crippen molar-refractivity contribution in [2.45, 2.75) is 19.5 Å². The van der Waals surface area contributed by atoms with Gasteiger partial charge in [0.05, 0.1) is 6.20 Å². The molecule has 0 atom stereocenters. The molecule has 1 aliphatic heterocycles. The number of aromatic nitrogens is 3. The van der Waals surface area contributed by atoms with E-state index in [0.717, 1.165) is 16.1 Å². The number of carboxylic acids is 1. The van der Waals surface area contributed by atoms with Gasteiger partial charge in [-0.25, -0.2) is 9.48 Å². The Bertz CT molecular complexity index is 743. The van der Waals surface area contributed by atoms with Crippen LogP contribution in [0.5, 0.6) is 0 Å². The molecule has 22 heavy (non-hydrogen) atoms. The van der Waals surface area contributed by atoms with Gasteiger partial charge in [-0.3, -0.25) is 4.79 Å². The molecule has 0 radical (unpaired) electrons. The van der Waals surface area contributed by atoms with Crippen LogP contribution in [0.15, 0.2) is 24.4 Å². The van der Waals surface area contributed by atoms with Crippen LogP contribution < -0.4 is 0 Å². The maximum atomic E-state index is 12.3. The Morgan fingerprint density at radius 2 is 2.18 bits per heavy atom. The zero-order valence-corrected chi connectivity index (χ0v) is 12.3. The van der Waals surface area contributed by atoms with Crippen LogP contribution in [0.25, 0.3) is 0 Å². The van der Waals surface area contributed by atoms with E-state index < -0.39 is 5.97 Å². The fourth-order valence-electron chi connectivity index (χ4n) is 2.49. The lowest BCUT2D eigenvalue weighted by molar-refractivity contribution is -0.133. The summed E-state index contributed by atoms with van der Waals surface area (Å²) >= 11 is 6.15. The van der Waals surface area contributed by atoms with E-state index in [4.69, 9.17) is 16.7 Å². The predicted molar refractivity (Wildman–Crippen MR) is 77.6 cm³/mol. The summed E-state index contributed by atoms with van der Waals surface area (Å²) in [6.07, 6.45) is 1.95. The van der Waals surface area contributed by atoms with Crippen molar-refractivity contribution in [2.75, 3.05) is 6.54 Å². The third-order valence-electron chi connectivity index (χ3n) is 3.62. The second-order valence-electron chi connectivity index (χ2n) is 5.05. The molecule has 0 unspecified atom stereocenters. The highest BCUT2D eigenvalue weighted by atomic mass is 35.5. The summed E-state index contributed by atoms with van der Waals surface area (Å²) < 4.78 is 1.24. The van der Waals surface area contributed by atoms with Crippen LogP contribution in [0.2, 0.25) is 5.02 Å². The monoisotopic (exact) mass is 320 g/mol. The number of hydrogen-bond acceptors (Lipinski definition) is 4. The quantitative estimate of drug-likeness (QED) is 0.918. The number of amides is 1. The first-order chi connectivity index (χ1) is 10.5. The van der Waals surface area contributed by atoms with E-state index in [1.54, 1.807) is 4.90 Å². The standard InChI is InChI=1S/C14H13ClN4O3/c15-11-3-1-2-9-6-18(5-4-10(9)11)13(20)8-19-7-12(14(21)22)16-17-19/h1-3,7H,4-6,8H2,(H,21,22). The predicted octanol–water partition coefficient (Wildman–Crippen LogP) is 1.21. The van der Waals surface area contributed by atoms with Crippen LogP contribution in [0.1, 0.15) is 21.6 Å². The summed E-state index contributed by atoms with van der Waals surface area (Å²) in [5.74, 6) is -1.30. The van der Waals surface area contributed by atoms with Gasteiger partial charge >= 0.3 is 5.97 Å². The van der Waals surface area contributed by atoms with Gasteiger partial charge in [-0.2, -0.15) is 0 Å². The van der Waals surface area contributed by atoms with Crippen molar-refractivity contribution < 1.29 is 14.7 Å². The Morgan fingerprint density at radius 1 is 1.36 bits per heavy atom. The van der Waals surface area contributed by atoms with Gasteiger partial charge in [0, 0.05) is 18.1 Å². The highest BCUT2D eigenvalue weighted by Gasteiger charge is 2.22. The molecule has 1 amide bonds. The topological polar surface area (TPSA) is 88.3 Å². The Labute approximate surface area is 131 Å². The van der Waals surface area contributed by atoms with Crippen molar-refractivity contribution in [3.63, 3.8) is 0 Å². The first-order valence-electron chi connectivity index (χ1n) is 6.72. The Kier molecular flexibility index (Phi) is 3.81. The molecule has 1 aromatic heterocycles. The zero-order valence-electron chi connectivity index (χ0n) is 11.6. The van der Waals surface area contributed by atoms with E-state index in [9.17, 15) is 9.59 Å². The van der Waals surface area contributed by atoms with Crippen molar-refractivity contribution in [1.82, 2.24) is 19.9 Å². The molecule has 0 spiro atoms. The van der Waals surface area contributed by atoms with Gasteiger partial charge in [0.1, 0.15) is 6.54 Å². The molecule has 0 saturated carbocycles. The molecular formula is C14H13ClN4O3. The van der Waals surface area contributed by atoms with E-state index in [1.807, 2.05) is 18.2 Å². The van der Waals surface area contributed by atoms with E-state index in [2.05, 4.69) is 10.3 Å². The fraction of sp³-hybridized carbons (Fsp3) is 0.286. The van der Waals surface area contributed by atoms with Crippen molar-refractivity contribution in [3.05, 3.63) is 46.2 Å². The third kappa shape index (κ3) is 2.80. The van der Waals surface area contributed by atoms with E-state index >= 15 is 0 Å². The Balaban J connectivity index is 1.70. The smallest absolute Gasteiger partial charge is 0.358 e. The Hall–Kier alpha value is -2.41. The second-order valence-corrected chi connectivity index (χ2v) is 5.46. The molecule has 114 valence electrons. The number of rotatable bonds is 3. The van der Waals surface area contributed by atoms with Crippen LogP contribution in [-0.4, -0.2) is 43.4 Å². The average Bonchev–Trinajstić information content (AvgIpc) is 2.96. The molecule has 2 heterocycles. The molecule has 1 aliphatic rings. The van der Waals surface area contributed by atoms with Gasteiger partial charge in [-0.05, 0) is 23.6 Å². The molecule has 8 heteroatoms. The van der Waals surface area contributed by atoms with Gasteiger partial charge in [-0.15, -0.1) is 5.10 Å². The second kappa shape index (κ2) is 5.76. The van der Waals surface area contributed by atoms with E-state index in [0.29, 0.717) is 19.5 Å². The van der Waals surface area contributed by atoms with Gasteiger partial charge < -0.3 is 10.0 Å². The molecule has 1 aromatic carbocycles. The summed E-state index contributed by atoms with van der Waals surface area (Å²) in [4.78, 5) is 24.8. The molecular weight excluding hydrogens is 308 g/mol. The minimum Gasteiger partial charge on any atom is -0.476 e. The Morgan fingerprint density at radius 3 is 2.91 bits per heavy atom. The summed E-state index contributed by atoms with van der Waals surface area (Å²) in [6.45, 7) is 1.04. The number of nitrogens with zero attached hydrogens (tertiary/aromatic N) is 4. The lowest BCUT2D eigenvalue weighted by atomic mass is 10.00. The maximum absolute atomic E-state index is 12.3. The molecule has 0 aliphatic carbocycles. The molecule has 3 rings (SSSR count).